The number of hydrogen-bond donors (Lipinski definition) is 2. The van der Waals surface area contributed by atoms with Gasteiger partial charge in [-0.15, -0.1) is 10.2 Å². The predicted molar refractivity (Wildman–Crippen MR) is 112 cm³/mol. The van der Waals surface area contributed by atoms with Crippen LogP contribution in [0, 0.1) is 0 Å². The Kier molecular flexibility index (Phi) is 7.42. The number of rotatable bonds is 9. The van der Waals surface area contributed by atoms with Gasteiger partial charge in [0.1, 0.15) is 18.0 Å². The zero-order valence-corrected chi connectivity index (χ0v) is 17.1. The molecule has 10 heteroatoms. The van der Waals surface area contributed by atoms with Gasteiger partial charge in [0.25, 0.3) is 0 Å². The van der Waals surface area contributed by atoms with Gasteiger partial charge in [-0.05, 0) is 36.4 Å². The molecule has 0 atom stereocenters. The molecular formula is C19H18N4O4S2. The van der Waals surface area contributed by atoms with Crippen LogP contribution in [0.2, 0.25) is 0 Å². The van der Waals surface area contributed by atoms with Crippen LogP contribution in [0.3, 0.4) is 0 Å². The lowest BCUT2D eigenvalue weighted by molar-refractivity contribution is -0.140. The molecular weight excluding hydrogens is 412 g/mol. The van der Waals surface area contributed by atoms with Gasteiger partial charge in [-0.25, -0.2) is 0 Å². The van der Waals surface area contributed by atoms with Crippen molar-refractivity contribution in [1.82, 2.24) is 15.5 Å². The van der Waals surface area contributed by atoms with Gasteiger partial charge in [0, 0.05) is 5.69 Å². The topological polar surface area (TPSA) is 102 Å². The van der Waals surface area contributed by atoms with E-state index in [0.29, 0.717) is 9.47 Å². The molecule has 0 fully saturated rings. The number of thioether (sulfide) groups is 1. The van der Waals surface area contributed by atoms with Crippen molar-refractivity contribution in [3.63, 3.8) is 0 Å². The minimum Gasteiger partial charge on any atom is -0.468 e. The zero-order valence-electron chi connectivity index (χ0n) is 15.5. The number of esters is 1. The Balaban J connectivity index is 1.47. The molecule has 3 aromatic rings. The number of amides is 1. The number of hydrogen-bond acceptors (Lipinski definition) is 9. The third-order valence-electron chi connectivity index (χ3n) is 3.48. The fraction of sp³-hybridized carbons (Fsp3) is 0.158. The average molecular weight is 431 g/mol. The number of ether oxygens (including phenoxy) is 2. The molecule has 2 N–H and O–H groups in total. The first-order valence-corrected chi connectivity index (χ1v) is 10.3. The van der Waals surface area contributed by atoms with Crippen LogP contribution in [0.4, 0.5) is 10.8 Å². The monoisotopic (exact) mass is 430 g/mol. The number of para-hydroxylation sites is 1. The van der Waals surface area contributed by atoms with Gasteiger partial charge in [-0.3, -0.25) is 9.59 Å². The summed E-state index contributed by atoms with van der Waals surface area (Å²) in [4.78, 5) is 22.7. The highest BCUT2D eigenvalue weighted by molar-refractivity contribution is 8.01. The minimum absolute atomic E-state index is 0.136. The normalized spacial score (nSPS) is 10.2. The second-order valence-electron chi connectivity index (χ2n) is 5.58. The van der Waals surface area contributed by atoms with Crippen LogP contribution in [0.1, 0.15) is 0 Å². The predicted octanol–water partition coefficient (Wildman–Crippen LogP) is 3.46. The van der Waals surface area contributed by atoms with Crippen LogP contribution in [0.25, 0.3) is 0 Å². The molecule has 8 nitrogen and oxygen atoms in total. The molecule has 150 valence electrons. The maximum atomic E-state index is 11.7. The Labute approximate surface area is 175 Å². The maximum absolute atomic E-state index is 11.7. The van der Waals surface area contributed by atoms with Crippen molar-refractivity contribution in [3.8, 4) is 11.5 Å². The lowest BCUT2D eigenvalue weighted by Gasteiger charge is -2.06. The molecule has 0 saturated heterocycles. The number of carbonyl (C=O) groups is 2. The van der Waals surface area contributed by atoms with Gasteiger partial charge >= 0.3 is 5.97 Å². The highest BCUT2D eigenvalue weighted by Crippen LogP contribution is 2.29. The van der Waals surface area contributed by atoms with Crippen LogP contribution < -0.4 is 15.4 Å². The molecule has 0 aliphatic rings. The van der Waals surface area contributed by atoms with E-state index in [9.17, 15) is 9.59 Å². The second-order valence-corrected chi connectivity index (χ2v) is 7.78. The summed E-state index contributed by atoms with van der Waals surface area (Å²) < 4.78 is 10.9. The fourth-order valence-electron chi connectivity index (χ4n) is 2.09. The largest absolute Gasteiger partial charge is 0.468 e. The quantitative estimate of drug-likeness (QED) is 0.393. The van der Waals surface area contributed by atoms with Crippen LogP contribution in [0.5, 0.6) is 11.5 Å². The zero-order chi connectivity index (χ0) is 20.5. The molecule has 0 radical (unpaired) electrons. The van der Waals surface area contributed by atoms with E-state index in [1.807, 2.05) is 54.6 Å². The van der Waals surface area contributed by atoms with E-state index >= 15 is 0 Å². The van der Waals surface area contributed by atoms with E-state index in [1.54, 1.807) is 0 Å². The molecule has 0 aliphatic carbocycles. The number of nitrogens with one attached hydrogen (secondary N) is 2. The average Bonchev–Trinajstić information content (AvgIpc) is 3.20. The molecule has 0 bridgehead atoms. The van der Waals surface area contributed by atoms with Gasteiger partial charge in [0.2, 0.25) is 11.0 Å². The first kappa shape index (κ1) is 20.6. The van der Waals surface area contributed by atoms with Gasteiger partial charge in [-0.1, -0.05) is 41.3 Å². The molecule has 29 heavy (non-hydrogen) atoms. The summed E-state index contributed by atoms with van der Waals surface area (Å²) >= 11 is 2.58. The summed E-state index contributed by atoms with van der Waals surface area (Å²) in [5.74, 6) is 0.866. The van der Waals surface area contributed by atoms with Crippen LogP contribution in [-0.2, 0) is 14.3 Å². The summed E-state index contributed by atoms with van der Waals surface area (Å²) in [5, 5.41) is 14.4. The van der Waals surface area contributed by atoms with Crippen LogP contribution in [-0.4, -0.2) is 41.5 Å². The van der Waals surface area contributed by atoms with Gasteiger partial charge < -0.3 is 20.1 Å². The molecule has 3 rings (SSSR count). The number of nitrogens with zero attached hydrogens (tertiary/aromatic N) is 2. The van der Waals surface area contributed by atoms with E-state index in [4.69, 9.17) is 4.74 Å². The Morgan fingerprint density at radius 3 is 2.48 bits per heavy atom. The first-order chi connectivity index (χ1) is 14.1. The van der Waals surface area contributed by atoms with Crippen molar-refractivity contribution < 1.29 is 19.1 Å². The third kappa shape index (κ3) is 6.77. The van der Waals surface area contributed by atoms with E-state index in [1.165, 1.54) is 30.2 Å². The van der Waals surface area contributed by atoms with Crippen molar-refractivity contribution in [1.29, 1.82) is 0 Å². The van der Waals surface area contributed by atoms with Crippen molar-refractivity contribution in [2.24, 2.45) is 0 Å². The summed E-state index contributed by atoms with van der Waals surface area (Å²) in [5.41, 5.74) is 0.842. The molecule has 1 heterocycles. The van der Waals surface area contributed by atoms with Gasteiger partial charge in [0.15, 0.2) is 4.34 Å². The summed E-state index contributed by atoms with van der Waals surface area (Å²) in [6.07, 6.45) is 0. The fourth-order valence-corrected chi connectivity index (χ4v) is 3.70. The van der Waals surface area contributed by atoms with E-state index in [2.05, 4.69) is 25.6 Å². The number of benzene rings is 2. The van der Waals surface area contributed by atoms with E-state index < -0.39 is 5.97 Å². The second kappa shape index (κ2) is 10.4. The number of carbonyl (C=O) groups excluding carboxylic acids is 2. The molecule has 0 unspecified atom stereocenters. The Morgan fingerprint density at radius 1 is 1.03 bits per heavy atom. The summed E-state index contributed by atoms with van der Waals surface area (Å²) in [6.45, 7) is -0.150. The maximum Gasteiger partial charge on any atom is 0.325 e. The van der Waals surface area contributed by atoms with Crippen LogP contribution in [0.15, 0.2) is 58.9 Å². The molecule has 2 aromatic carbocycles. The Bertz CT molecular complexity index is 948. The lowest BCUT2D eigenvalue weighted by atomic mass is 10.3. The van der Waals surface area contributed by atoms with Crippen molar-refractivity contribution in [3.05, 3.63) is 54.6 Å². The summed E-state index contributed by atoms with van der Waals surface area (Å²) in [7, 11) is 1.27. The SMILES string of the molecule is COC(=O)CNC(=O)CSc1nnc(Nc2ccc(Oc3ccccc3)cc2)s1. The molecule has 0 saturated carbocycles. The van der Waals surface area contributed by atoms with Crippen molar-refractivity contribution in [2.45, 2.75) is 4.34 Å². The van der Waals surface area contributed by atoms with Crippen molar-refractivity contribution >= 4 is 45.8 Å². The Morgan fingerprint density at radius 2 is 1.76 bits per heavy atom. The van der Waals surface area contributed by atoms with E-state index in [0.717, 1.165) is 17.2 Å². The lowest BCUT2D eigenvalue weighted by Crippen LogP contribution is -2.31. The first-order valence-electron chi connectivity index (χ1n) is 8.52. The van der Waals surface area contributed by atoms with E-state index in [-0.39, 0.29) is 18.2 Å². The Hall–Kier alpha value is -3.11. The molecule has 0 aliphatic heterocycles. The minimum atomic E-state index is -0.495. The number of anilines is 2. The smallest absolute Gasteiger partial charge is 0.325 e. The molecule has 0 spiro atoms. The third-order valence-corrected chi connectivity index (χ3v) is 5.45. The highest BCUT2D eigenvalue weighted by Gasteiger charge is 2.10. The summed E-state index contributed by atoms with van der Waals surface area (Å²) in [6, 6.07) is 17.0. The standard InChI is InChI=1S/C19H18N4O4S2/c1-26-17(25)11-20-16(24)12-28-19-23-22-18(29-19)21-13-7-9-15(10-8-13)27-14-5-3-2-4-6-14/h2-10H,11-12H2,1H3,(H,20,24)(H,21,22). The van der Waals surface area contributed by atoms with Crippen molar-refractivity contribution in [2.75, 3.05) is 24.7 Å². The van der Waals surface area contributed by atoms with Crippen LogP contribution >= 0.6 is 23.1 Å². The van der Waals surface area contributed by atoms with Gasteiger partial charge in [0.05, 0.1) is 12.9 Å². The molecule has 1 aromatic heterocycles. The highest BCUT2D eigenvalue weighted by atomic mass is 32.2. The van der Waals surface area contributed by atoms with Gasteiger partial charge in [-0.2, -0.15) is 0 Å². The number of aromatic nitrogens is 2. The number of methoxy groups -OCH3 is 1. The molecule has 1 amide bonds.